The Hall–Kier alpha value is -1.26. The van der Waals surface area contributed by atoms with Crippen LogP contribution in [-0.2, 0) is 0 Å². The summed E-state index contributed by atoms with van der Waals surface area (Å²) in [5, 5.41) is 18.1. The van der Waals surface area contributed by atoms with Crippen LogP contribution in [0.3, 0.4) is 0 Å². The van der Waals surface area contributed by atoms with E-state index in [0.29, 0.717) is 18.1 Å². The first-order valence-electron chi connectivity index (χ1n) is 5.78. The lowest BCUT2D eigenvalue weighted by Crippen LogP contribution is -2.01. The molecule has 1 rings (SSSR count). The molecule has 0 fully saturated rings. The Morgan fingerprint density at radius 2 is 2.00 bits per heavy atom. The Morgan fingerprint density at radius 3 is 2.59 bits per heavy atom. The minimum absolute atomic E-state index is 0.182. The van der Waals surface area contributed by atoms with E-state index in [2.05, 4.69) is 0 Å². The highest BCUT2D eigenvalue weighted by Crippen LogP contribution is 2.30. The largest absolute Gasteiger partial charge is 0.493 e. The van der Waals surface area contributed by atoms with Crippen molar-refractivity contribution in [1.82, 2.24) is 0 Å². The molecule has 0 spiro atoms. The van der Waals surface area contributed by atoms with Crippen molar-refractivity contribution < 1.29 is 19.7 Å². The van der Waals surface area contributed by atoms with Crippen molar-refractivity contribution in [1.29, 1.82) is 0 Å². The van der Waals surface area contributed by atoms with Gasteiger partial charge in [0.2, 0.25) is 0 Å². The van der Waals surface area contributed by atoms with E-state index in [4.69, 9.17) is 14.6 Å². The molecule has 0 aromatic heterocycles. The Morgan fingerprint density at radius 1 is 1.24 bits per heavy atom. The highest BCUT2D eigenvalue weighted by molar-refractivity contribution is 5.43. The highest BCUT2D eigenvalue weighted by Gasteiger charge is 2.08. The van der Waals surface area contributed by atoms with Gasteiger partial charge in [-0.2, -0.15) is 0 Å². The van der Waals surface area contributed by atoms with Gasteiger partial charge in [0, 0.05) is 6.61 Å². The topological polar surface area (TPSA) is 58.9 Å². The van der Waals surface area contributed by atoms with Crippen LogP contribution in [0, 0.1) is 0 Å². The predicted molar refractivity (Wildman–Crippen MR) is 65.4 cm³/mol. The van der Waals surface area contributed by atoms with Crippen LogP contribution in [0.1, 0.15) is 31.4 Å². The summed E-state index contributed by atoms with van der Waals surface area (Å²) in [5.74, 6) is 1.28. The first-order chi connectivity index (χ1) is 8.19. The van der Waals surface area contributed by atoms with E-state index >= 15 is 0 Å². The SMILES string of the molecule is COc1cc([C@@H](C)O)ccc1OCCCCO. The lowest BCUT2D eigenvalue weighted by Gasteiger charge is -2.13. The van der Waals surface area contributed by atoms with Crippen molar-refractivity contribution in [3.8, 4) is 11.5 Å². The second-order valence-corrected chi connectivity index (χ2v) is 3.87. The van der Waals surface area contributed by atoms with E-state index in [9.17, 15) is 5.11 Å². The number of unbranched alkanes of at least 4 members (excludes halogenated alkanes) is 1. The van der Waals surface area contributed by atoms with E-state index in [0.717, 1.165) is 18.4 Å². The molecule has 0 bridgehead atoms. The Labute approximate surface area is 102 Å². The molecule has 96 valence electrons. The van der Waals surface area contributed by atoms with Crippen LogP contribution in [-0.4, -0.2) is 30.5 Å². The Bertz CT molecular complexity index is 336. The summed E-state index contributed by atoms with van der Waals surface area (Å²) in [6.45, 7) is 2.43. The van der Waals surface area contributed by atoms with Crippen LogP contribution in [0.25, 0.3) is 0 Å². The first kappa shape index (κ1) is 13.8. The van der Waals surface area contributed by atoms with Gasteiger partial charge in [-0.05, 0) is 37.5 Å². The summed E-state index contributed by atoms with van der Waals surface area (Å²) >= 11 is 0. The molecule has 0 aliphatic carbocycles. The maximum absolute atomic E-state index is 9.46. The van der Waals surface area contributed by atoms with Crippen LogP contribution < -0.4 is 9.47 Å². The third kappa shape index (κ3) is 4.24. The van der Waals surface area contributed by atoms with Crippen LogP contribution in [0.4, 0.5) is 0 Å². The number of rotatable bonds is 7. The third-order valence-corrected chi connectivity index (χ3v) is 2.48. The third-order valence-electron chi connectivity index (χ3n) is 2.48. The van der Waals surface area contributed by atoms with Crippen molar-refractivity contribution in [3.05, 3.63) is 23.8 Å². The van der Waals surface area contributed by atoms with Gasteiger partial charge in [0.05, 0.1) is 19.8 Å². The molecule has 1 aromatic carbocycles. The van der Waals surface area contributed by atoms with Crippen LogP contribution in [0.2, 0.25) is 0 Å². The molecule has 4 heteroatoms. The van der Waals surface area contributed by atoms with Gasteiger partial charge >= 0.3 is 0 Å². The number of aliphatic hydroxyl groups excluding tert-OH is 2. The summed E-state index contributed by atoms with van der Waals surface area (Å²) in [6.07, 6.45) is 1.01. The molecule has 0 unspecified atom stereocenters. The minimum Gasteiger partial charge on any atom is -0.493 e. The number of methoxy groups -OCH3 is 1. The number of hydrogen-bond acceptors (Lipinski definition) is 4. The number of ether oxygens (including phenoxy) is 2. The van der Waals surface area contributed by atoms with Crippen LogP contribution in [0.15, 0.2) is 18.2 Å². The summed E-state index contributed by atoms with van der Waals surface area (Å²) in [7, 11) is 1.57. The number of benzene rings is 1. The van der Waals surface area contributed by atoms with Gasteiger partial charge < -0.3 is 19.7 Å². The maximum atomic E-state index is 9.46. The molecule has 1 aromatic rings. The van der Waals surface area contributed by atoms with E-state index in [1.165, 1.54) is 0 Å². The quantitative estimate of drug-likeness (QED) is 0.715. The van der Waals surface area contributed by atoms with Crippen molar-refractivity contribution in [2.24, 2.45) is 0 Å². The fraction of sp³-hybridized carbons (Fsp3) is 0.538. The zero-order valence-corrected chi connectivity index (χ0v) is 10.3. The Balaban J connectivity index is 2.65. The molecule has 17 heavy (non-hydrogen) atoms. The van der Waals surface area contributed by atoms with Crippen LogP contribution in [0.5, 0.6) is 11.5 Å². The fourth-order valence-corrected chi connectivity index (χ4v) is 1.46. The molecule has 0 aliphatic rings. The van der Waals surface area contributed by atoms with Crippen molar-refractivity contribution in [2.45, 2.75) is 25.9 Å². The molecule has 2 N–H and O–H groups in total. The van der Waals surface area contributed by atoms with Crippen molar-refractivity contribution in [2.75, 3.05) is 20.3 Å². The number of hydrogen-bond donors (Lipinski definition) is 2. The molecule has 0 aliphatic heterocycles. The normalized spacial score (nSPS) is 12.2. The van der Waals surface area contributed by atoms with Gasteiger partial charge in [0.15, 0.2) is 11.5 Å². The smallest absolute Gasteiger partial charge is 0.161 e. The Kier molecular flexibility index (Phi) is 5.80. The molecule has 4 nitrogen and oxygen atoms in total. The van der Waals surface area contributed by atoms with Crippen LogP contribution >= 0.6 is 0 Å². The molecule has 0 saturated heterocycles. The molecular weight excluding hydrogens is 220 g/mol. The van der Waals surface area contributed by atoms with Gasteiger partial charge in [-0.3, -0.25) is 0 Å². The summed E-state index contributed by atoms with van der Waals surface area (Å²) < 4.78 is 10.8. The van der Waals surface area contributed by atoms with E-state index < -0.39 is 6.10 Å². The monoisotopic (exact) mass is 240 g/mol. The van der Waals surface area contributed by atoms with Gasteiger partial charge in [-0.25, -0.2) is 0 Å². The number of aliphatic hydroxyl groups is 2. The summed E-state index contributed by atoms with van der Waals surface area (Å²) in [4.78, 5) is 0. The zero-order chi connectivity index (χ0) is 12.7. The zero-order valence-electron chi connectivity index (χ0n) is 10.3. The van der Waals surface area contributed by atoms with Gasteiger partial charge in [-0.1, -0.05) is 6.07 Å². The summed E-state index contributed by atoms with van der Waals surface area (Å²) in [6, 6.07) is 5.38. The fourth-order valence-electron chi connectivity index (χ4n) is 1.46. The van der Waals surface area contributed by atoms with Crippen molar-refractivity contribution >= 4 is 0 Å². The maximum Gasteiger partial charge on any atom is 0.161 e. The molecule has 1 atom stereocenters. The molecule has 0 heterocycles. The standard InChI is InChI=1S/C13H20O4/c1-10(15)11-5-6-12(13(9-11)16-2)17-8-4-3-7-14/h5-6,9-10,14-15H,3-4,7-8H2,1-2H3/t10-/m1/s1. The second kappa shape index (κ2) is 7.14. The molecule has 0 saturated carbocycles. The van der Waals surface area contributed by atoms with Gasteiger partial charge in [0.1, 0.15) is 0 Å². The van der Waals surface area contributed by atoms with Gasteiger partial charge in [0.25, 0.3) is 0 Å². The summed E-state index contributed by atoms with van der Waals surface area (Å²) in [5.41, 5.74) is 0.796. The average Bonchev–Trinajstić information content (AvgIpc) is 2.34. The second-order valence-electron chi connectivity index (χ2n) is 3.87. The molecule has 0 radical (unpaired) electrons. The van der Waals surface area contributed by atoms with E-state index in [1.807, 2.05) is 6.07 Å². The van der Waals surface area contributed by atoms with E-state index in [1.54, 1.807) is 26.2 Å². The molecule has 0 amide bonds. The van der Waals surface area contributed by atoms with E-state index in [-0.39, 0.29) is 6.61 Å². The lowest BCUT2D eigenvalue weighted by atomic mass is 10.1. The highest BCUT2D eigenvalue weighted by atomic mass is 16.5. The lowest BCUT2D eigenvalue weighted by molar-refractivity contribution is 0.198. The minimum atomic E-state index is -0.521. The average molecular weight is 240 g/mol. The van der Waals surface area contributed by atoms with Gasteiger partial charge in [-0.15, -0.1) is 0 Å². The predicted octanol–water partition coefficient (Wildman–Crippen LogP) is 1.90. The first-order valence-corrected chi connectivity index (χ1v) is 5.78. The molecular formula is C13H20O4. The van der Waals surface area contributed by atoms with Crippen molar-refractivity contribution in [3.63, 3.8) is 0 Å².